The van der Waals surface area contributed by atoms with Crippen molar-refractivity contribution in [1.29, 1.82) is 0 Å². The largest absolute Gasteiger partial charge is 0.309 e. The summed E-state index contributed by atoms with van der Waals surface area (Å²) in [5.41, 5.74) is 11.9. The van der Waals surface area contributed by atoms with Gasteiger partial charge in [0.25, 0.3) is 0 Å². The van der Waals surface area contributed by atoms with Crippen molar-refractivity contribution in [2.75, 3.05) is 0 Å². The molecule has 0 amide bonds. The number of aromatic nitrogens is 2. The van der Waals surface area contributed by atoms with Crippen molar-refractivity contribution < 1.29 is 0 Å². The topological polar surface area (TPSA) is 9.86 Å². The lowest BCUT2D eigenvalue weighted by molar-refractivity contribution is 1.17. The van der Waals surface area contributed by atoms with Gasteiger partial charge in [0.15, 0.2) is 8.07 Å². The molecule has 2 aromatic heterocycles. The average molecular weight is 819 g/mol. The zero-order valence-corrected chi connectivity index (χ0v) is 35.6. The van der Waals surface area contributed by atoms with Crippen LogP contribution in [0.5, 0.6) is 0 Å². The SMILES string of the molecule is c1ccc(-c2ccc(-c3cccc(-n4c5ccccc5c5cc(-n6c7ccccc7c7ccc([Si](c8ccccc8)(c8ccccc8)c8ccccc8)cc76)ccc54)c3)cc2)cc1. The van der Waals surface area contributed by atoms with E-state index in [-0.39, 0.29) is 0 Å². The van der Waals surface area contributed by atoms with E-state index in [0.717, 1.165) is 11.4 Å². The second-order valence-electron chi connectivity index (χ2n) is 16.5. The molecular weight excluding hydrogens is 777 g/mol. The van der Waals surface area contributed by atoms with Gasteiger partial charge >= 0.3 is 0 Å². The van der Waals surface area contributed by atoms with Crippen LogP contribution in [0.15, 0.2) is 255 Å². The first-order valence-corrected chi connectivity index (χ1v) is 23.8. The molecule has 10 aromatic carbocycles. The van der Waals surface area contributed by atoms with Crippen molar-refractivity contribution >= 4 is 72.4 Å². The van der Waals surface area contributed by atoms with Gasteiger partial charge in [-0.2, -0.15) is 0 Å². The Bertz CT molecular complexity index is 3490. The van der Waals surface area contributed by atoms with Crippen molar-refractivity contribution in [1.82, 2.24) is 9.13 Å². The minimum atomic E-state index is -2.77. The molecule has 0 aliphatic rings. The summed E-state index contributed by atoms with van der Waals surface area (Å²) in [6.07, 6.45) is 0. The third kappa shape index (κ3) is 6.00. The van der Waals surface area contributed by atoms with Gasteiger partial charge in [0, 0.05) is 32.9 Å². The number of para-hydroxylation sites is 2. The molecular formula is C60H42N2Si. The van der Waals surface area contributed by atoms with E-state index in [9.17, 15) is 0 Å². The number of benzene rings is 10. The van der Waals surface area contributed by atoms with Crippen LogP contribution in [0.4, 0.5) is 0 Å². The molecule has 3 heteroatoms. The molecule has 12 aromatic rings. The molecule has 0 saturated heterocycles. The van der Waals surface area contributed by atoms with Crippen LogP contribution in [0.3, 0.4) is 0 Å². The van der Waals surface area contributed by atoms with Crippen LogP contribution in [0.25, 0.3) is 77.2 Å². The fraction of sp³-hybridized carbons (Fsp3) is 0. The maximum atomic E-state index is 2.51. The Morgan fingerprint density at radius 1 is 0.222 bits per heavy atom. The Morgan fingerprint density at radius 3 is 1.25 bits per heavy atom. The van der Waals surface area contributed by atoms with Crippen LogP contribution < -0.4 is 20.7 Å². The van der Waals surface area contributed by atoms with E-state index in [1.54, 1.807) is 0 Å². The van der Waals surface area contributed by atoms with E-state index in [1.165, 1.54) is 86.6 Å². The first kappa shape index (κ1) is 36.8. The summed E-state index contributed by atoms with van der Waals surface area (Å²) in [7, 11) is -2.77. The van der Waals surface area contributed by atoms with E-state index in [2.05, 4.69) is 264 Å². The second-order valence-corrected chi connectivity index (χ2v) is 20.3. The van der Waals surface area contributed by atoms with Gasteiger partial charge in [0.05, 0.1) is 22.1 Å². The summed E-state index contributed by atoms with van der Waals surface area (Å²) in [5, 5.41) is 10.4. The average Bonchev–Trinajstić information content (AvgIpc) is 3.88. The zero-order chi connectivity index (χ0) is 41.7. The minimum Gasteiger partial charge on any atom is -0.309 e. The predicted octanol–water partition coefficient (Wildman–Crippen LogP) is 12.6. The molecule has 296 valence electrons. The van der Waals surface area contributed by atoms with Crippen LogP contribution in [-0.2, 0) is 0 Å². The molecule has 2 heterocycles. The smallest absolute Gasteiger partial charge is 0.179 e. The molecule has 2 nitrogen and oxygen atoms in total. The zero-order valence-electron chi connectivity index (χ0n) is 34.6. The third-order valence-corrected chi connectivity index (χ3v) is 17.8. The van der Waals surface area contributed by atoms with Gasteiger partial charge in [-0.25, -0.2) is 0 Å². The number of nitrogens with zero attached hydrogens (tertiary/aromatic N) is 2. The quantitative estimate of drug-likeness (QED) is 0.107. The van der Waals surface area contributed by atoms with Crippen molar-refractivity contribution in [3.8, 4) is 33.6 Å². The molecule has 0 saturated carbocycles. The minimum absolute atomic E-state index is 1.14. The maximum absolute atomic E-state index is 2.77. The van der Waals surface area contributed by atoms with E-state index in [4.69, 9.17) is 0 Å². The van der Waals surface area contributed by atoms with E-state index >= 15 is 0 Å². The Labute approximate surface area is 368 Å². The van der Waals surface area contributed by atoms with Crippen LogP contribution in [-0.4, -0.2) is 17.2 Å². The lowest BCUT2D eigenvalue weighted by Gasteiger charge is -2.34. The van der Waals surface area contributed by atoms with Gasteiger partial charge < -0.3 is 9.13 Å². The molecule has 63 heavy (non-hydrogen) atoms. The monoisotopic (exact) mass is 818 g/mol. The van der Waals surface area contributed by atoms with Crippen molar-refractivity contribution in [2.24, 2.45) is 0 Å². The van der Waals surface area contributed by atoms with Gasteiger partial charge in [-0.3, -0.25) is 0 Å². The Balaban J connectivity index is 1.05. The molecule has 0 N–H and O–H groups in total. The summed E-state index contributed by atoms with van der Waals surface area (Å²) in [5.74, 6) is 0. The lowest BCUT2D eigenvalue weighted by Crippen LogP contribution is -2.74. The van der Waals surface area contributed by atoms with Gasteiger partial charge in [0.2, 0.25) is 0 Å². The van der Waals surface area contributed by atoms with E-state index in [1.807, 2.05) is 0 Å². The van der Waals surface area contributed by atoms with Crippen LogP contribution in [0.1, 0.15) is 0 Å². The van der Waals surface area contributed by atoms with E-state index < -0.39 is 8.07 Å². The molecule has 0 fully saturated rings. The number of hydrogen-bond acceptors (Lipinski definition) is 0. The summed E-state index contributed by atoms with van der Waals surface area (Å²) in [4.78, 5) is 0. The molecule has 0 spiro atoms. The highest BCUT2D eigenvalue weighted by Gasteiger charge is 2.41. The fourth-order valence-electron chi connectivity index (χ4n) is 10.2. The summed E-state index contributed by atoms with van der Waals surface area (Å²) in [6.45, 7) is 0. The molecule has 0 radical (unpaired) electrons. The first-order chi connectivity index (χ1) is 31.3. The Kier molecular flexibility index (Phi) is 8.87. The lowest BCUT2D eigenvalue weighted by atomic mass is 10.00. The standard InChI is InChI=1S/C60H42N2Si/c1-5-18-43(19-6-1)44-32-34-45(35-33-44)46-20-17-21-47(40-46)61-58-31-16-14-29-54(58)56-41-48(36-39-59(56)61)62-57-30-15-13-28-53(57)55-38-37-52(42-60(55)62)63(49-22-7-2-8-23-49,50-24-9-3-10-25-50)51-26-11-4-12-27-51/h1-42H. The first-order valence-electron chi connectivity index (χ1n) is 21.8. The predicted molar refractivity (Wildman–Crippen MR) is 270 cm³/mol. The molecule has 0 unspecified atom stereocenters. The van der Waals surface area contributed by atoms with Crippen molar-refractivity contribution in [2.45, 2.75) is 0 Å². The Morgan fingerprint density at radius 2 is 0.651 bits per heavy atom. The normalized spacial score (nSPS) is 11.8. The molecule has 0 atom stereocenters. The third-order valence-electron chi connectivity index (χ3n) is 13.1. The van der Waals surface area contributed by atoms with Gasteiger partial charge in [-0.1, -0.05) is 206 Å². The van der Waals surface area contributed by atoms with Crippen molar-refractivity contribution in [3.05, 3.63) is 255 Å². The number of rotatable bonds is 8. The molecule has 0 aliphatic carbocycles. The Hall–Kier alpha value is -7.98. The van der Waals surface area contributed by atoms with Gasteiger partial charge in [-0.15, -0.1) is 0 Å². The van der Waals surface area contributed by atoms with Crippen LogP contribution in [0.2, 0.25) is 0 Å². The highest BCUT2D eigenvalue weighted by atomic mass is 28.3. The maximum Gasteiger partial charge on any atom is 0.179 e. The van der Waals surface area contributed by atoms with Crippen molar-refractivity contribution in [3.63, 3.8) is 0 Å². The van der Waals surface area contributed by atoms with Gasteiger partial charge in [-0.05, 0) is 91.5 Å². The number of hydrogen-bond donors (Lipinski definition) is 0. The summed E-state index contributed by atoms with van der Waals surface area (Å²) < 4.78 is 4.93. The van der Waals surface area contributed by atoms with Crippen LogP contribution in [0, 0.1) is 0 Å². The van der Waals surface area contributed by atoms with Crippen LogP contribution >= 0.6 is 0 Å². The molecule has 0 bridgehead atoms. The molecule has 0 aliphatic heterocycles. The van der Waals surface area contributed by atoms with Gasteiger partial charge in [0.1, 0.15) is 0 Å². The highest BCUT2D eigenvalue weighted by Crippen LogP contribution is 2.38. The highest BCUT2D eigenvalue weighted by molar-refractivity contribution is 7.20. The summed E-state index contributed by atoms with van der Waals surface area (Å²) >= 11 is 0. The second kappa shape index (κ2) is 15.2. The van der Waals surface area contributed by atoms with E-state index in [0.29, 0.717) is 0 Å². The fourth-order valence-corrected chi connectivity index (χ4v) is 15.0. The summed E-state index contributed by atoms with van der Waals surface area (Å²) in [6, 6.07) is 94.2. The molecule has 12 rings (SSSR count). The number of fused-ring (bicyclic) bond motifs is 6.